The highest BCUT2D eigenvalue weighted by Crippen LogP contribution is 2.24. The van der Waals surface area contributed by atoms with Gasteiger partial charge in [0.15, 0.2) is 0 Å². The molecule has 0 spiro atoms. The Balaban J connectivity index is 1.60. The standard InChI is InChI=1S/C14H25N3/c1-14(12-15,16-13-6-7-13)8-2-3-9-17-10-4-5-11-17/h13,16H,2-11H2,1H3. The largest absolute Gasteiger partial charge is 0.303 e. The van der Waals surface area contributed by atoms with Crippen molar-refractivity contribution < 1.29 is 0 Å². The molecule has 2 fully saturated rings. The molecule has 1 N–H and O–H groups in total. The van der Waals surface area contributed by atoms with Gasteiger partial charge in [0.25, 0.3) is 0 Å². The van der Waals surface area contributed by atoms with E-state index in [9.17, 15) is 5.26 Å². The average molecular weight is 235 g/mol. The minimum absolute atomic E-state index is 0.286. The summed E-state index contributed by atoms with van der Waals surface area (Å²) in [6.45, 7) is 5.86. The highest BCUT2D eigenvalue weighted by molar-refractivity contribution is 5.06. The Bertz CT molecular complexity index is 274. The lowest BCUT2D eigenvalue weighted by Crippen LogP contribution is -2.42. The van der Waals surface area contributed by atoms with Crippen LogP contribution in [-0.4, -0.2) is 36.1 Å². The van der Waals surface area contributed by atoms with Gasteiger partial charge in [0.2, 0.25) is 0 Å². The monoisotopic (exact) mass is 235 g/mol. The van der Waals surface area contributed by atoms with Crippen LogP contribution in [0.15, 0.2) is 0 Å². The molecule has 1 aliphatic heterocycles. The number of unbranched alkanes of at least 4 members (excludes halogenated alkanes) is 1. The molecule has 0 aromatic heterocycles. The first kappa shape index (κ1) is 12.9. The highest BCUT2D eigenvalue weighted by atomic mass is 15.1. The molecule has 3 heteroatoms. The van der Waals surface area contributed by atoms with Crippen molar-refractivity contribution in [1.82, 2.24) is 10.2 Å². The van der Waals surface area contributed by atoms with Crippen LogP contribution in [0.2, 0.25) is 0 Å². The van der Waals surface area contributed by atoms with Crippen molar-refractivity contribution in [3.63, 3.8) is 0 Å². The topological polar surface area (TPSA) is 39.1 Å². The van der Waals surface area contributed by atoms with Gasteiger partial charge in [-0.25, -0.2) is 0 Å². The Morgan fingerprint density at radius 3 is 2.59 bits per heavy atom. The van der Waals surface area contributed by atoms with Gasteiger partial charge in [0.05, 0.1) is 6.07 Å². The number of likely N-dealkylation sites (tertiary alicyclic amines) is 1. The summed E-state index contributed by atoms with van der Waals surface area (Å²) in [5, 5.41) is 12.7. The molecule has 1 unspecified atom stereocenters. The van der Waals surface area contributed by atoms with Gasteiger partial charge < -0.3 is 4.90 Å². The van der Waals surface area contributed by atoms with Gasteiger partial charge in [-0.05, 0) is 71.5 Å². The molecule has 1 atom stereocenters. The van der Waals surface area contributed by atoms with Crippen LogP contribution in [0.4, 0.5) is 0 Å². The number of nitrogens with one attached hydrogen (secondary N) is 1. The van der Waals surface area contributed by atoms with Crippen LogP contribution in [0.5, 0.6) is 0 Å². The summed E-state index contributed by atoms with van der Waals surface area (Å²) >= 11 is 0. The zero-order valence-electron chi connectivity index (χ0n) is 11.0. The van der Waals surface area contributed by atoms with E-state index in [2.05, 4.69) is 23.2 Å². The average Bonchev–Trinajstić information content (AvgIpc) is 2.97. The van der Waals surface area contributed by atoms with Crippen LogP contribution < -0.4 is 5.32 Å². The predicted octanol–water partition coefficient (Wildman–Crippen LogP) is 2.29. The molecular weight excluding hydrogens is 210 g/mol. The molecule has 0 aromatic carbocycles. The lowest BCUT2D eigenvalue weighted by Gasteiger charge is -2.23. The number of hydrogen-bond acceptors (Lipinski definition) is 3. The maximum Gasteiger partial charge on any atom is 0.104 e. The normalized spacial score (nSPS) is 24.5. The molecule has 0 aromatic rings. The van der Waals surface area contributed by atoms with Crippen molar-refractivity contribution in [1.29, 1.82) is 5.26 Å². The van der Waals surface area contributed by atoms with Crippen molar-refractivity contribution in [3.8, 4) is 6.07 Å². The summed E-state index contributed by atoms with van der Waals surface area (Å²) in [6, 6.07) is 3.08. The molecule has 1 saturated carbocycles. The molecule has 17 heavy (non-hydrogen) atoms. The molecule has 1 aliphatic carbocycles. The first-order valence-electron chi connectivity index (χ1n) is 7.13. The van der Waals surface area contributed by atoms with Gasteiger partial charge in [0.1, 0.15) is 5.54 Å². The Kier molecular flexibility index (Phi) is 4.42. The van der Waals surface area contributed by atoms with Gasteiger partial charge in [-0.1, -0.05) is 0 Å². The maximum absolute atomic E-state index is 9.25. The summed E-state index contributed by atoms with van der Waals surface area (Å²) in [5.74, 6) is 0. The zero-order chi connectivity index (χ0) is 12.1. The van der Waals surface area contributed by atoms with Crippen LogP contribution in [0.25, 0.3) is 0 Å². The van der Waals surface area contributed by atoms with E-state index in [1.54, 1.807) is 0 Å². The fourth-order valence-electron chi connectivity index (χ4n) is 2.66. The van der Waals surface area contributed by atoms with Gasteiger partial charge in [-0.2, -0.15) is 5.26 Å². The van der Waals surface area contributed by atoms with Crippen LogP contribution in [0.3, 0.4) is 0 Å². The van der Waals surface area contributed by atoms with Crippen molar-refractivity contribution >= 4 is 0 Å². The van der Waals surface area contributed by atoms with Gasteiger partial charge in [-0.15, -0.1) is 0 Å². The highest BCUT2D eigenvalue weighted by Gasteiger charge is 2.31. The van der Waals surface area contributed by atoms with Crippen LogP contribution >= 0.6 is 0 Å². The van der Waals surface area contributed by atoms with Gasteiger partial charge in [0, 0.05) is 6.04 Å². The second-order valence-electron chi connectivity index (χ2n) is 5.87. The lowest BCUT2D eigenvalue weighted by molar-refractivity contribution is 0.316. The summed E-state index contributed by atoms with van der Waals surface area (Å²) < 4.78 is 0. The second kappa shape index (κ2) is 5.84. The first-order chi connectivity index (χ1) is 8.22. The second-order valence-corrected chi connectivity index (χ2v) is 5.87. The molecule has 0 radical (unpaired) electrons. The Morgan fingerprint density at radius 1 is 1.29 bits per heavy atom. The summed E-state index contributed by atoms with van der Waals surface area (Å²) in [7, 11) is 0. The third kappa shape index (κ3) is 4.29. The molecule has 3 nitrogen and oxygen atoms in total. The fourth-order valence-corrected chi connectivity index (χ4v) is 2.66. The molecule has 2 aliphatic rings. The molecule has 1 saturated heterocycles. The van der Waals surface area contributed by atoms with Crippen LogP contribution in [-0.2, 0) is 0 Å². The summed E-state index contributed by atoms with van der Waals surface area (Å²) in [5.41, 5.74) is -0.286. The van der Waals surface area contributed by atoms with E-state index in [0.29, 0.717) is 6.04 Å². The summed E-state index contributed by atoms with van der Waals surface area (Å²) in [4.78, 5) is 2.55. The SMILES string of the molecule is CC(C#N)(CCCCN1CCCC1)NC1CC1. The number of nitrogens with zero attached hydrogens (tertiary/aromatic N) is 2. The van der Waals surface area contributed by atoms with Crippen LogP contribution in [0, 0.1) is 11.3 Å². The van der Waals surface area contributed by atoms with Gasteiger partial charge in [-0.3, -0.25) is 5.32 Å². The fraction of sp³-hybridized carbons (Fsp3) is 0.929. The molecule has 96 valence electrons. The molecular formula is C14H25N3. The number of hydrogen-bond donors (Lipinski definition) is 1. The lowest BCUT2D eigenvalue weighted by atomic mass is 9.96. The van der Waals surface area contributed by atoms with E-state index < -0.39 is 0 Å². The smallest absolute Gasteiger partial charge is 0.104 e. The predicted molar refractivity (Wildman–Crippen MR) is 69.7 cm³/mol. The maximum atomic E-state index is 9.25. The van der Waals surface area contributed by atoms with Crippen molar-refractivity contribution in [2.75, 3.05) is 19.6 Å². The third-order valence-corrected chi connectivity index (χ3v) is 3.95. The number of nitriles is 1. The molecule has 0 bridgehead atoms. The minimum atomic E-state index is -0.286. The van der Waals surface area contributed by atoms with Crippen LogP contribution in [0.1, 0.15) is 51.9 Å². The van der Waals surface area contributed by atoms with E-state index in [1.165, 1.54) is 58.2 Å². The minimum Gasteiger partial charge on any atom is -0.303 e. The molecule has 0 amide bonds. The Labute approximate surface area is 105 Å². The summed E-state index contributed by atoms with van der Waals surface area (Å²) in [6.07, 6.45) is 8.66. The third-order valence-electron chi connectivity index (χ3n) is 3.95. The molecule has 2 rings (SSSR count). The van der Waals surface area contributed by atoms with Gasteiger partial charge >= 0.3 is 0 Å². The van der Waals surface area contributed by atoms with Crippen molar-refractivity contribution in [2.45, 2.75) is 63.5 Å². The van der Waals surface area contributed by atoms with Crippen molar-refractivity contribution in [2.24, 2.45) is 0 Å². The Hall–Kier alpha value is -0.590. The first-order valence-corrected chi connectivity index (χ1v) is 7.13. The Morgan fingerprint density at radius 2 is 2.00 bits per heavy atom. The van der Waals surface area contributed by atoms with E-state index in [1.807, 2.05) is 0 Å². The van der Waals surface area contributed by atoms with Crippen molar-refractivity contribution in [3.05, 3.63) is 0 Å². The molecule has 1 heterocycles. The van der Waals surface area contributed by atoms with E-state index >= 15 is 0 Å². The quantitative estimate of drug-likeness (QED) is 0.688. The number of rotatable bonds is 7. The van der Waals surface area contributed by atoms with E-state index in [-0.39, 0.29) is 5.54 Å². The van der Waals surface area contributed by atoms with E-state index in [0.717, 1.165) is 6.42 Å². The van der Waals surface area contributed by atoms with E-state index in [4.69, 9.17) is 0 Å². The zero-order valence-corrected chi connectivity index (χ0v) is 11.0.